The van der Waals surface area contributed by atoms with E-state index < -0.39 is 0 Å². The van der Waals surface area contributed by atoms with E-state index in [0.717, 1.165) is 17.4 Å². The van der Waals surface area contributed by atoms with Gasteiger partial charge in [0.05, 0.1) is 0 Å². The smallest absolute Gasteiger partial charge is 0.223 e. The Balaban J connectivity index is 2.44. The minimum atomic E-state index is 0.284. The van der Waals surface area contributed by atoms with Crippen LogP contribution in [0.1, 0.15) is 6.42 Å². The van der Waals surface area contributed by atoms with Crippen LogP contribution in [0.15, 0.2) is 12.7 Å². The molecule has 1 atom stereocenters. The van der Waals surface area contributed by atoms with E-state index in [1.54, 1.807) is 6.08 Å². The maximum absolute atomic E-state index is 11.2. The standard InChI is InChI=1S/C8H12INO/c1-2-3-10-6-7(5-9)4-8(10)11/h2,7H,1,3-6H2. The van der Waals surface area contributed by atoms with Crippen molar-refractivity contribution in [2.24, 2.45) is 5.92 Å². The van der Waals surface area contributed by atoms with Crippen molar-refractivity contribution >= 4 is 28.5 Å². The third-order valence-electron chi connectivity index (χ3n) is 1.86. The summed E-state index contributed by atoms with van der Waals surface area (Å²) in [5.74, 6) is 0.856. The van der Waals surface area contributed by atoms with Crippen molar-refractivity contribution in [3.8, 4) is 0 Å². The second kappa shape index (κ2) is 4.09. The van der Waals surface area contributed by atoms with Crippen LogP contribution in [0.4, 0.5) is 0 Å². The van der Waals surface area contributed by atoms with Gasteiger partial charge in [0.15, 0.2) is 0 Å². The summed E-state index contributed by atoms with van der Waals surface area (Å²) >= 11 is 2.33. The molecule has 0 bridgehead atoms. The summed E-state index contributed by atoms with van der Waals surface area (Å²) in [6, 6.07) is 0. The molecule has 1 rings (SSSR count). The van der Waals surface area contributed by atoms with Crippen molar-refractivity contribution in [3.05, 3.63) is 12.7 Å². The van der Waals surface area contributed by atoms with Gasteiger partial charge in [-0.3, -0.25) is 4.79 Å². The van der Waals surface area contributed by atoms with Gasteiger partial charge in [-0.25, -0.2) is 0 Å². The third kappa shape index (κ3) is 2.18. The first-order chi connectivity index (χ1) is 5.27. The predicted molar refractivity (Wildman–Crippen MR) is 53.8 cm³/mol. The molecule has 0 radical (unpaired) electrons. The van der Waals surface area contributed by atoms with Crippen molar-refractivity contribution in [2.45, 2.75) is 6.42 Å². The van der Waals surface area contributed by atoms with Crippen LogP contribution in [0.25, 0.3) is 0 Å². The summed E-state index contributed by atoms with van der Waals surface area (Å²) in [5, 5.41) is 0. The number of nitrogens with zero attached hydrogens (tertiary/aromatic N) is 1. The van der Waals surface area contributed by atoms with Crippen LogP contribution in [-0.4, -0.2) is 28.3 Å². The number of amides is 1. The summed E-state index contributed by atoms with van der Waals surface area (Å²) in [6.45, 7) is 5.25. The van der Waals surface area contributed by atoms with Crippen LogP contribution in [0.3, 0.4) is 0 Å². The molecule has 1 amide bonds. The van der Waals surface area contributed by atoms with Crippen molar-refractivity contribution in [1.29, 1.82) is 0 Å². The minimum Gasteiger partial charge on any atom is -0.339 e. The van der Waals surface area contributed by atoms with Gasteiger partial charge in [-0.2, -0.15) is 0 Å². The number of hydrogen-bond donors (Lipinski definition) is 0. The van der Waals surface area contributed by atoms with Crippen LogP contribution < -0.4 is 0 Å². The highest BCUT2D eigenvalue weighted by Gasteiger charge is 2.27. The Kier molecular flexibility index (Phi) is 3.36. The number of hydrogen-bond acceptors (Lipinski definition) is 1. The summed E-state index contributed by atoms with van der Waals surface area (Å²) in [4.78, 5) is 13.1. The summed E-state index contributed by atoms with van der Waals surface area (Å²) in [7, 11) is 0. The van der Waals surface area contributed by atoms with E-state index in [4.69, 9.17) is 0 Å². The molecule has 0 aromatic carbocycles. The number of alkyl halides is 1. The van der Waals surface area contributed by atoms with Gasteiger partial charge in [0.1, 0.15) is 0 Å². The molecule has 0 aromatic rings. The highest BCUT2D eigenvalue weighted by Crippen LogP contribution is 2.19. The van der Waals surface area contributed by atoms with Gasteiger partial charge in [-0.15, -0.1) is 6.58 Å². The SMILES string of the molecule is C=CCN1CC(CI)CC1=O. The quantitative estimate of drug-likeness (QED) is 0.430. The third-order valence-corrected chi connectivity index (χ3v) is 3.11. The van der Waals surface area contributed by atoms with E-state index >= 15 is 0 Å². The van der Waals surface area contributed by atoms with E-state index in [-0.39, 0.29) is 5.91 Å². The number of carbonyl (C=O) groups excluding carboxylic acids is 1. The fraction of sp³-hybridized carbons (Fsp3) is 0.625. The summed E-state index contributed by atoms with van der Waals surface area (Å²) in [6.07, 6.45) is 2.52. The lowest BCUT2D eigenvalue weighted by Gasteiger charge is -2.12. The fourth-order valence-electron chi connectivity index (χ4n) is 1.29. The zero-order chi connectivity index (χ0) is 8.27. The molecule has 0 aromatic heterocycles. The molecule has 2 nitrogen and oxygen atoms in total. The largest absolute Gasteiger partial charge is 0.339 e. The van der Waals surface area contributed by atoms with Gasteiger partial charge in [0.25, 0.3) is 0 Å². The van der Waals surface area contributed by atoms with Gasteiger partial charge >= 0.3 is 0 Å². The first kappa shape index (κ1) is 9.03. The normalized spacial score (nSPS) is 24.3. The molecule has 1 aliphatic rings. The molecule has 0 N–H and O–H groups in total. The number of likely N-dealkylation sites (tertiary alicyclic amines) is 1. The second-order valence-electron chi connectivity index (χ2n) is 2.81. The highest BCUT2D eigenvalue weighted by molar-refractivity contribution is 14.1. The summed E-state index contributed by atoms with van der Waals surface area (Å²) in [5.41, 5.74) is 0. The lowest BCUT2D eigenvalue weighted by Crippen LogP contribution is -2.25. The van der Waals surface area contributed by atoms with Crippen LogP contribution in [-0.2, 0) is 4.79 Å². The molecule has 1 saturated heterocycles. The Labute approximate surface area is 80.8 Å². The van der Waals surface area contributed by atoms with Crippen LogP contribution in [0.5, 0.6) is 0 Å². The van der Waals surface area contributed by atoms with Crippen LogP contribution in [0, 0.1) is 5.92 Å². The lowest BCUT2D eigenvalue weighted by molar-refractivity contribution is -0.127. The first-order valence-electron chi connectivity index (χ1n) is 3.72. The van der Waals surface area contributed by atoms with E-state index in [1.165, 1.54) is 0 Å². The molecule has 0 aliphatic carbocycles. The molecular formula is C8H12INO. The zero-order valence-corrected chi connectivity index (χ0v) is 8.58. The van der Waals surface area contributed by atoms with E-state index in [9.17, 15) is 4.79 Å². The van der Waals surface area contributed by atoms with Gasteiger partial charge in [-0.05, 0) is 5.92 Å². The molecule has 0 spiro atoms. The Morgan fingerprint density at radius 3 is 3.00 bits per heavy atom. The van der Waals surface area contributed by atoms with Crippen molar-refractivity contribution in [2.75, 3.05) is 17.5 Å². The molecule has 1 fully saturated rings. The fourth-order valence-corrected chi connectivity index (χ4v) is 1.88. The number of halogens is 1. The molecule has 3 heteroatoms. The second-order valence-corrected chi connectivity index (χ2v) is 3.69. The molecule has 1 aliphatic heterocycles. The van der Waals surface area contributed by atoms with E-state index in [1.807, 2.05) is 4.90 Å². The molecule has 1 unspecified atom stereocenters. The molecule has 62 valence electrons. The van der Waals surface area contributed by atoms with Gasteiger partial charge < -0.3 is 4.90 Å². The minimum absolute atomic E-state index is 0.284. The Morgan fingerprint density at radius 2 is 2.55 bits per heavy atom. The van der Waals surface area contributed by atoms with Crippen molar-refractivity contribution in [3.63, 3.8) is 0 Å². The molecule has 1 heterocycles. The maximum atomic E-state index is 11.2. The predicted octanol–water partition coefficient (Wildman–Crippen LogP) is 1.46. The van der Waals surface area contributed by atoms with Gasteiger partial charge in [0, 0.05) is 23.9 Å². The van der Waals surface area contributed by atoms with Gasteiger partial charge in [0.2, 0.25) is 5.91 Å². The lowest BCUT2D eigenvalue weighted by atomic mass is 10.2. The highest BCUT2D eigenvalue weighted by atomic mass is 127. The van der Waals surface area contributed by atoms with E-state index in [2.05, 4.69) is 29.2 Å². The first-order valence-corrected chi connectivity index (χ1v) is 5.25. The average Bonchev–Trinajstić information content (AvgIpc) is 2.33. The number of carbonyl (C=O) groups is 1. The Morgan fingerprint density at radius 1 is 1.82 bits per heavy atom. The molecule has 0 saturated carbocycles. The zero-order valence-electron chi connectivity index (χ0n) is 6.42. The van der Waals surface area contributed by atoms with Crippen LogP contribution >= 0.6 is 22.6 Å². The van der Waals surface area contributed by atoms with Crippen molar-refractivity contribution < 1.29 is 4.79 Å². The molecular weight excluding hydrogens is 253 g/mol. The molecule has 11 heavy (non-hydrogen) atoms. The van der Waals surface area contributed by atoms with Crippen LogP contribution in [0.2, 0.25) is 0 Å². The monoisotopic (exact) mass is 265 g/mol. The Hall–Kier alpha value is -0.0600. The van der Waals surface area contributed by atoms with Crippen molar-refractivity contribution in [1.82, 2.24) is 4.90 Å². The summed E-state index contributed by atoms with van der Waals surface area (Å²) < 4.78 is 1.08. The Bertz CT molecular complexity index is 169. The van der Waals surface area contributed by atoms with Gasteiger partial charge in [-0.1, -0.05) is 28.7 Å². The maximum Gasteiger partial charge on any atom is 0.223 e. The topological polar surface area (TPSA) is 20.3 Å². The average molecular weight is 265 g/mol. The number of rotatable bonds is 3. The van der Waals surface area contributed by atoms with E-state index in [0.29, 0.717) is 12.5 Å².